The predicted octanol–water partition coefficient (Wildman–Crippen LogP) is 3.99. The van der Waals surface area contributed by atoms with Crippen molar-refractivity contribution < 1.29 is 19.4 Å². The molecule has 6 nitrogen and oxygen atoms in total. The van der Waals surface area contributed by atoms with Crippen molar-refractivity contribution in [2.75, 3.05) is 13.2 Å². The maximum Gasteiger partial charge on any atom is 0.335 e. The van der Waals surface area contributed by atoms with E-state index < -0.39 is 11.4 Å². The van der Waals surface area contributed by atoms with E-state index in [4.69, 9.17) is 22.1 Å². The largest absolute Gasteiger partial charge is 0.478 e. The fourth-order valence-corrected chi connectivity index (χ4v) is 3.27. The number of carbonyl (C=O) groups is 2. The van der Waals surface area contributed by atoms with Crippen molar-refractivity contribution in [1.29, 1.82) is 0 Å². The van der Waals surface area contributed by atoms with E-state index in [1.807, 2.05) is 20.8 Å². The van der Waals surface area contributed by atoms with Crippen LogP contribution in [-0.2, 0) is 16.1 Å². The predicted molar refractivity (Wildman–Crippen MR) is 119 cm³/mol. The first-order chi connectivity index (χ1) is 13.3. The number of nitrogens with one attached hydrogen (secondary N) is 2. The summed E-state index contributed by atoms with van der Waals surface area (Å²) in [5, 5.41) is 15.4. The Kier molecular flexibility index (Phi) is 9.08. The van der Waals surface area contributed by atoms with Gasteiger partial charge in [-0.05, 0) is 54.6 Å². The normalized spacial score (nSPS) is 13.5. The highest BCUT2D eigenvalue weighted by Gasteiger charge is 2.41. The molecule has 0 aliphatic carbocycles. The topological polar surface area (TPSA) is 87.7 Å². The van der Waals surface area contributed by atoms with Gasteiger partial charge in [0.2, 0.25) is 0 Å². The highest BCUT2D eigenvalue weighted by Crippen LogP contribution is 2.40. The first kappa shape index (κ1) is 24.9. The molecule has 0 aliphatic rings. The van der Waals surface area contributed by atoms with Gasteiger partial charge in [-0.3, -0.25) is 4.79 Å². The molecule has 29 heavy (non-hydrogen) atoms. The molecule has 0 saturated carbocycles. The van der Waals surface area contributed by atoms with Crippen molar-refractivity contribution in [3.8, 4) is 0 Å². The number of carboxylic acids is 1. The van der Waals surface area contributed by atoms with Crippen LogP contribution in [0.3, 0.4) is 0 Å². The van der Waals surface area contributed by atoms with Crippen LogP contribution in [0.5, 0.6) is 0 Å². The smallest absolute Gasteiger partial charge is 0.335 e. The zero-order valence-corrected chi connectivity index (χ0v) is 19.1. The van der Waals surface area contributed by atoms with Gasteiger partial charge in [0.15, 0.2) is 5.11 Å². The maximum atomic E-state index is 12.7. The lowest BCUT2D eigenvalue weighted by Gasteiger charge is -2.36. The van der Waals surface area contributed by atoms with Crippen LogP contribution >= 0.6 is 12.2 Å². The van der Waals surface area contributed by atoms with Crippen LogP contribution in [0.1, 0.15) is 63.9 Å². The molecule has 3 N–H and O–H groups in total. The van der Waals surface area contributed by atoms with Crippen molar-refractivity contribution in [1.82, 2.24) is 10.6 Å². The molecule has 0 amide bonds. The Hall–Kier alpha value is -2.15. The molecule has 0 aliphatic heterocycles. The van der Waals surface area contributed by atoms with Crippen LogP contribution in [0.2, 0.25) is 0 Å². The Morgan fingerprint density at radius 2 is 1.69 bits per heavy atom. The monoisotopic (exact) mass is 422 g/mol. The Morgan fingerprint density at radius 1 is 1.10 bits per heavy atom. The quantitative estimate of drug-likeness (QED) is 0.315. The summed E-state index contributed by atoms with van der Waals surface area (Å²) < 4.78 is 5.52. The van der Waals surface area contributed by atoms with Gasteiger partial charge >= 0.3 is 11.9 Å². The van der Waals surface area contributed by atoms with Crippen LogP contribution < -0.4 is 10.6 Å². The van der Waals surface area contributed by atoms with E-state index in [1.54, 1.807) is 24.3 Å². The van der Waals surface area contributed by atoms with Crippen LogP contribution in [0.15, 0.2) is 24.3 Å². The third-order valence-corrected chi connectivity index (χ3v) is 5.20. The average molecular weight is 423 g/mol. The summed E-state index contributed by atoms with van der Waals surface area (Å²) in [4.78, 5) is 23.5. The summed E-state index contributed by atoms with van der Waals surface area (Å²) in [6, 6.07) is 6.59. The molecule has 1 aromatic carbocycles. The number of carboxylic acid groups (broad SMARTS) is 1. The number of thiocarbonyl (C=S) groups is 1. The molecule has 7 heteroatoms. The molecule has 0 radical (unpaired) electrons. The van der Waals surface area contributed by atoms with E-state index in [0.717, 1.165) is 12.0 Å². The van der Waals surface area contributed by atoms with Crippen molar-refractivity contribution in [2.45, 2.75) is 54.5 Å². The molecular formula is C22H34N2O4S. The second-order valence-corrected chi connectivity index (χ2v) is 9.47. The lowest BCUT2D eigenvalue weighted by atomic mass is 9.69. The van der Waals surface area contributed by atoms with Gasteiger partial charge < -0.3 is 20.5 Å². The maximum absolute atomic E-state index is 12.7. The molecule has 0 aromatic heterocycles. The van der Waals surface area contributed by atoms with Crippen molar-refractivity contribution in [3.05, 3.63) is 35.4 Å². The summed E-state index contributed by atoms with van der Waals surface area (Å²) in [5.74, 6) is -0.952. The van der Waals surface area contributed by atoms with E-state index in [1.165, 1.54) is 0 Å². The summed E-state index contributed by atoms with van der Waals surface area (Å²) in [6.45, 7) is 13.6. The second-order valence-electron chi connectivity index (χ2n) is 9.06. The number of rotatable bonds is 9. The van der Waals surface area contributed by atoms with Gasteiger partial charge in [0.25, 0.3) is 0 Å². The van der Waals surface area contributed by atoms with Gasteiger partial charge in [-0.25, -0.2) is 4.79 Å². The summed E-state index contributed by atoms with van der Waals surface area (Å²) in [7, 11) is 0. The molecule has 0 fully saturated rings. The number of hydrogen-bond donors (Lipinski definition) is 3. The van der Waals surface area contributed by atoms with Crippen molar-refractivity contribution in [2.24, 2.45) is 16.7 Å². The summed E-state index contributed by atoms with van der Waals surface area (Å²) in [5.41, 5.74) is 0.667. The molecule has 0 heterocycles. The van der Waals surface area contributed by atoms with Crippen LogP contribution in [-0.4, -0.2) is 35.3 Å². The number of ether oxygens (including phenoxy) is 1. The standard InChI is InChI=1S/C22H34N2O4S/c1-15(2)22(6,14-21(3,4)5)19(27)28-12-11-23-20(29)24-13-16-7-9-17(10-8-16)18(25)26/h7-10,15H,11-14H2,1-6H3,(H,25,26)(H2,23,24,29). The fraction of sp³-hybridized carbons (Fsp3) is 0.591. The SMILES string of the molecule is CC(C)C(C)(CC(C)(C)C)C(=O)OCCNC(=S)NCc1ccc(C(=O)O)cc1. The number of carbonyl (C=O) groups excluding carboxylic acids is 1. The van der Waals surface area contributed by atoms with Crippen molar-refractivity contribution in [3.63, 3.8) is 0 Å². The average Bonchev–Trinajstić information content (AvgIpc) is 2.62. The Labute approximate surface area is 179 Å². The van der Waals surface area contributed by atoms with Crippen LogP contribution in [0, 0.1) is 16.7 Å². The van der Waals surface area contributed by atoms with E-state index in [-0.39, 0.29) is 29.5 Å². The second kappa shape index (κ2) is 10.6. The van der Waals surface area contributed by atoms with Crippen LogP contribution in [0.4, 0.5) is 0 Å². The first-order valence-corrected chi connectivity index (χ1v) is 10.3. The molecule has 1 aromatic rings. The number of hydrogen-bond acceptors (Lipinski definition) is 4. The molecule has 1 unspecified atom stereocenters. The number of benzene rings is 1. The Morgan fingerprint density at radius 3 is 2.17 bits per heavy atom. The highest BCUT2D eigenvalue weighted by atomic mass is 32.1. The van der Waals surface area contributed by atoms with E-state index in [0.29, 0.717) is 18.2 Å². The van der Waals surface area contributed by atoms with Crippen molar-refractivity contribution >= 4 is 29.3 Å². The minimum Gasteiger partial charge on any atom is -0.478 e. The number of aromatic carboxylic acids is 1. The van der Waals surface area contributed by atoms with Gasteiger partial charge in [0.05, 0.1) is 17.5 Å². The first-order valence-electron chi connectivity index (χ1n) is 9.86. The Bertz CT molecular complexity index is 711. The van der Waals surface area contributed by atoms with E-state index in [2.05, 4.69) is 31.4 Å². The summed E-state index contributed by atoms with van der Waals surface area (Å²) in [6.07, 6.45) is 0.755. The van der Waals surface area contributed by atoms with Gasteiger partial charge in [-0.2, -0.15) is 0 Å². The zero-order chi connectivity index (χ0) is 22.2. The lowest BCUT2D eigenvalue weighted by molar-refractivity contribution is -0.159. The van der Waals surface area contributed by atoms with Gasteiger partial charge in [0.1, 0.15) is 6.61 Å². The third-order valence-electron chi connectivity index (χ3n) is 4.91. The molecule has 1 atom stereocenters. The number of esters is 1. The zero-order valence-electron chi connectivity index (χ0n) is 18.3. The van der Waals surface area contributed by atoms with E-state index >= 15 is 0 Å². The van der Waals surface area contributed by atoms with Crippen LogP contribution in [0.25, 0.3) is 0 Å². The minimum atomic E-state index is -0.952. The van der Waals surface area contributed by atoms with E-state index in [9.17, 15) is 9.59 Å². The molecule has 0 spiro atoms. The lowest BCUT2D eigenvalue weighted by Crippen LogP contribution is -2.40. The fourth-order valence-electron chi connectivity index (χ4n) is 3.10. The Balaban J connectivity index is 2.39. The minimum absolute atomic E-state index is 0.0322. The molecular weight excluding hydrogens is 388 g/mol. The third kappa shape index (κ3) is 8.40. The highest BCUT2D eigenvalue weighted by molar-refractivity contribution is 7.80. The molecule has 1 rings (SSSR count). The van der Waals surface area contributed by atoms with Gasteiger partial charge in [0, 0.05) is 6.54 Å². The molecule has 162 valence electrons. The van der Waals surface area contributed by atoms with Gasteiger partial charge in [-0.15, -0.1) is 0 Å². The van der Waals surface area contributed by atoms with Gasteiger partial charge in [-0.1, -0.05) is 46.8 Å². The summed E-state index contributed by atoms with van der Waals surface area (Å²) >= 11 is 5.23. The molecule has 0 saturated heterocycles. The molecule has 0 bridgehead atoms.